The van der Waals surface area contributed by atoms with Gasteiger partial charge in [0.05, 0.1) is 13.7 Å². The van der Waals surface area contributed by atoms with E-state index in [0.29, 0.717) is 12.0 Å². The Hall–Kier alpha value is -1.56. The van der Waals surface area contributed by atoms with Crippen LogP contribution in [0, 0.1) is 0 Å². The summed E-state index contributed by atoms with van der Waals surface area (Å²) in [5, 5.41) is 2.43. The van der Waals surface area contributed by atoms with Gasteiger partial charge in [0.2, 0.25) is 0 Å². The maximum absolute atomic E-state index is 12.4. The summed E-state index contributed by atoms with van der Waals surface area (Å²) < 4.78 is 27.1. The highest BCUT2D eigenvalue weighted by Crippen LogP contribution is 2.49. The Morgan fingerprint density at radius 3 is 2.62 bits per heavy atom. The van der Waals surface area contributed by atoms with Crippen LogP contribution in [0.15, 0.2) is 24.3 Å². The van der Waals surface area contributed by atoms with E-state index in [-0.39, 0.29) is 24.7 Å². The van der Waals surface area contributed by atoms with Gasteiger partial charge in [-0.3, -0.25) is 9.59 Å². The van der Waals surface area contributed by atoms with E-state index < -0.39 is 18.9 Å². The summed E-state index contributed by atoms with van der Waals surface area (Å²) in [7, 11) is 1.30. The number of benzene rings is 1. The number of rotatable bonds is 9. The molecule has 1 N–H and O–H groups in total. The van der Waals surface area contributed by atoms with Gasteiger partial charge in [0.15, 0.2) is 0 Å². The van der Waals surface area contributed by atoms with Gasteiger partial charge in [-0.1, -0.05) is 18.2 Å². The van der Waals surface area contributed by atoms with Crippen molar-refractivity contribution in [1.29, 1.82) is 0 Å². The molecule has 0 radical (unpaired) electrons. The third-order valence-corrected chi connectivity index (χ3v) is 4.63. The fourth-order valence-electron chi connectivity index (χ4n) is 1.84. The van der Waals surface area contributed by atoms with Crippen LogP contribution in [0.2, 0.25) is 0 Å². The lowest BCUT2D eigenvalue weighted by Gasteiger charge is -2.19. The predicted molar refractivity (Wildman–Crippen MR) is 90.1 cm³/mol. The van der Waals surface area contributed by atoms with Gasteiger partial charge in [0.1, 0.15) is 11.8 Å². The first kappa shape index (κ1) is 20.5. The molecular weight excluding hydrogens is 357 g/mol. The molecule has 0 bridgehead atoms. The van der Waals surface area contributed by atoms with Crippen molar-refractivity contribution in [3.8, 4) is 5.75 Å². The molecule has 1 aromatic rings. The highest BCUT2D eigenvalue weighted by Gasteiger charge is 2.28. The average molecular weight is 378 g/mol. The van der Waals surface area contributed by atoms with E-state index in [1.165, 1.54) is 14.0 Å². The maximum Gasteiger partial charge on any atom is 0.409 e. The number of aryl methyl sites for hydroxylation is 1. The monoisotopic (exact) mass is 377 g/mol. The number of hydrogen-bond acceptors (Lipinski definition) is 6. The lowest BCUT2D eigenvalue weighted by atomic mass is 10.1. The molecule has 0 amide bonds. The van der Waals surface area contributed by atoms with Gasteiger partial charge in [-0.2, -0.15) is 0 Å². The minimum atomic E-state index is -3.82. The smallest absolute Gasteiger partial charge is 0.409 e. The van der Waals surface area contributed by atoms with Crippen molar-refractivity contribution in [3.05, 3.63) is 29.8 Å². The normalized spacial score (nSPS) is 14.3. The number of methoxy groups -OCH3 is 1. The summed E-state index contributed by atoms with van der Waals surface area (Å²) in [5.74, 6) is -0.683. The van der Waals surface area contributed by atoms with Crippen LogP contribution >= 0.6 is 18.1 Å². The topological polar surface area (TPSA) is 90.9 Å². The van der Waals surface area contributed by atoms with Crippen LogP contribution in [0.5, 0.6) is 5.75 Å². The molecule has 1 rings (SSSR count). The molecule has 0 aliphatic heterocycles. The molecule has 0 aliphatic rings. The molecule has 0 heterocycles. The number of carbonyl (C=O) groups is 2. The van der Waals surface area contributed by atoms with Crippen molar-refractivity contribution in [1.82, 2.24) is 5.09 Å². The molecule has 2 atom stereocenters. The fraction of sp³-hybridized carbons (Fsp3) is 0.467. The number of nitrogens with one attached hydrogen (secondary N) is 1. The zero-order valence-corrected chi connectivity index (χ0v) is 15.4. The zero-order valence-electron chi connectivity index (χ0n) is 13.8. The first-order valence-corrected chi connectivity index (χ1v) is 9.90. The summed E-state index contributed by atoms with van der Waals surface area (Å²) in [4.78, 5) is 22.8. The number of halogens is 1. The summed E-state index contributed by atoms with van der Waals surface area (Å²) in [6.07, 6.45) is 0.489. The zero-order chi connectivity index (χ0) is 18.2. The van der Waals surface area contributed by atoms with Crippen LogP contribution in [0.25, 0.3) is 0 Å². The van der Waals surface area contributed by atoms with Crippen LogP contribution in [-0.2, 0) is 30.0 Å². The Kier molecular flexibility index (Phi) is 8.25. The number of carbonyl (C=O) groups excluding carboxylic acids is 2. The number of esters is 2. The molecule has 134 valence electrons. The van der Waals surface area contributed by atoms with Gasteiger partial charge in [0, 0.05) is 17.7 Å². The summed E-state index contributed by atoms with van der Waals surface area (Å²) in [6, 6.07) is 5.86. The average Bonchev–Trinajstić information content (AvgIpc) is 2.53. The van der Waals surface area contributed by atoms with Crippen molar-refractivity contribution in [3.63, 3.8) is 0 Å². The van der Waals surface area contributed by atoms with Crippen LogP contribution in [0.4, 0.5) is 0 Å². The first-order chi connectivity index (χ1) is 11.3. The minimum absolute atomic E-state index is 0.149. The van der Waals surface area contributed by atoms with E-state index in [1.54, 1.807) is 31.2 Å². The predicted octanol–water partition coefficient (Wildman–Crippen LogP) is 3.06. The van der Waals surface area contributed by atoms with Crippen LogP contribution in [0.1, 0.15) is 25.8 Å². The maximum atomic E-state index is 12.4. The van der Waals surface area contributed by atoms with Crippen molar-refractivity contribution in [2.24, 2.45) is 0 Å². The fourth-order valence-corrected chi connectivity index (χ4v) is 3.56. The van der Waals surface area contributed by atoms with Crippen molar-refractivity contribution in [2.75, 3.05) is 13.7 Å². The van der Waals surface area contributed by atoms with Gasteiger partial charge >= 0.3 is 18.8 Å². The molecule has 24 heavy (non-hydrogen) atoms. The van der Waals surface area contributed by atoms with Crippen LogP contribution in [-0.4, -0.2) is 31.7 Å². The minimum Gasteiger partial charge on any atom is -0.469 e. The second kappa shape index (κ2) is 9.67. The van der Waals surface area contributed by atoms with Crippen molar-refractivity contribution < 1.29 is 28.2 Å². The van der Waals surface area contributed by atoms with Crippen LogP contribution < -0.4 is 9.61 Å². The first-order valence-electron chi connectivity index (χ1n) is 7.37. The molecular formula is C15H21ClNO6P. The quantitative estimate of drug-likeness (QED) is 0.522. The second-order valence-corrected chi connectivity index (χ2v) is 7.59. The molecule has 1 aromatic carbocycles. The van der Waals surface area contributed by atoms with Gasteiger partial charge in [-0.25, -0.2) is 9.65 Å². The summed E-state index contributed by atoms with van der Waals surface area (Å²) in [5.41, 5.74) is 0.648. The van der Waals surface area contributed by atoms with Gasteiger partial charge in [-0.15, -0.1) is 0 Å². The Morgan fingerprint density at radius 1 is 1.33 bits per heavy atom. The lowest BCUT2D eigenvalue weighted by Crippen LogP contribution is -2.33. The third-order valence-electron chi connectivity index (χ3n) is 3.00. The Balaban J connectivity index is 2.78. The lowest BCUT2D eigenvalue weighted by molar-refractivity contribution is -0.144. The van der Waals surface area contributed by atoms with Crippen LogP contribution in [0.3, 0.4) is 0 Å². The standard InChI is InChI=1S/C15H21ClNO6P/c1-4-22-15(19)11(2)17-24(16,20)23-13-8-6-5-7-12(13)9-10-14(18)21-3/h5-8,11H,4,9-10H2,1-3H3,(H,17,20)/t11-,24?/m1/s1. The third kappa shape index (κ3) is 6.91. The van der Waals surface area contributed by atoms with Crippen molar-refractivity contribution in [2.45, 2.75) is 32.7 Å². The highest BCUT2D eigenvalue weighted by molar-refractivity contribution is 7.84. The molecule has 1 unspecified atom stereocenters. The van der Waals surface area contributed by atoms with E-state index in [4.69, 9.17) is 20.5 Å². The second-order valence-electron chi connectivity index (χ2n) is 4.86. The molecule has 0 saturated heterocycles. The summed E-state index contributed by atoms with van der Waals surface area (Å²) in [6.45, 7) is -0.484. The largest absolute Gasteiger partial charge is 0.469 e. The number of para-hydroxylation sites is 1. The van der Waals surface area contributed by atoms with Gasteiger partial charge in [0.25, 0.3) is 0 Å². The summed E-state index contributed by atoms with van der Waals surface area (Å²) >= 11 is 5.89. The Bertz CT molecular complexity index is 624. The number of ether oxygens (including phenoxy) is 2. The van der Waals surface area contributed by atoms with Gasteiger partial charge in [-0.05, 0) is 31.9 Å². The van der Waals surface area contributed by atoms with E-state index >= 15 is 0 Å². The Labute approximate surface area is 145 Å². The van der Waals surface area contributed by atoms with E-state index in [9.17, 15) is 14.2 Å². The van der Waals surface area contributed by atoms with E-state index in [0.717, 1.165) is 0 Å². The van der Waals surface area contributed by atoms with E-state index in [1.807, 2.05) is 0 Å². The molecule has 0 fully saturated rings. The molecule has 7 nitrogen and oxygen atoms in total. The molecule has 0 aliphatic carbocycles. The molecule has 0 spiro atoms. The Morgan fingerprint density at radius 2 is 2.00 bits per heavy atom. The number of hydrogen-bond donors (Lipinski definition) is 1. The van der Waals surface area contributed by atoms with Gasteiger partial charge < -0.3 is 14.0 Å². The molecule has 9 heteroatoms. The molecule has 0 saturated carbocycles. The highest BCUT2D eigenvalue weighted by atomic mass is 35.7. The SMILES string of the molecule is CCOC(=O)[C@@H](C)NP(=O)(Cl)Oc1ccccc1CCC(=O)OC. The molecule has 0 aromatic heterocycles. The van der Waals surface area contributed by atoms with Crippen molar-refractivity contribution >= 4 is 30.1 Å². The van der Waals surface area contributed by atoms with E-state index in [2.05, 4.69) is 9.82 Å².